The van der Waals surface area contributed by atoms with Gasteiger partial charge in [-0.25, -0.2) is 4.98 Å². The number of hydrogen-bond acceptors (Lipinski definition) is 2. The molecule has 1 aromatic rings. The average molecular weight is 350 g/mol. The second-order valence-electron chi connectivity index (χ2n) is 3.66. The molecule has 0 saturated heterocycles. The minimum absolute atomic E-state index is 0.559. The molecule has 1 rings (SSSR count). The number of alkyl halides is 1. The topological polar surface area (TPSA) is 16.1 Å². The Morgan fingerprint density at radius 2 is 2.06 bits per heavy atom. The number of pyridine rings is 1. The van der Waals surface area contributed by atoms with Crippen molar-refractivity contribution in [1.82, 2.24) is 4.98 Å². The highest BCUT2D eigenvalue weighted by molar-refractivity contribution is 9.10. The van der Waals surface area contributed by atoms with Crippen molar-refractivity contribution in [2.45, 2.75) is 32.7 Å². The van der Waals surface area contributed by atoms with Gasteiger partial charge in [-0.2, -0.15) is 0 Å². The lowest BCUT2D eigenvalue weighted by Crippen LogP contribution is -2.36. The standard InChI is InChI=1S/C12H18Br2N2/c1-3-10(4-2)16(9-7-13)12-11(14)6-5-8-15-12/h5-6,8,10H,3-4,7,9H2,1-2H3. The molecule has 0 fully saturated rings. The maximum Gasteiger partial charge on any atom is 0.143 e. The lowest BCUT2D eigenvalue weighted by atomic mass is 10.1. The second kappa shape index (κ2) is 7.28. The van der Waals surface area contributed by atoms with Crippen LogP contribution in [0.15, 0.2) is 22.8 Å². The molecular weight excluding hydrogens is 332 g/mol. The molecule has 1 aromatic heterocycles. The molecule has 16 heavy (non-hydrogen) atoms. The molecule has 1 heterocycles. The van der Waals surface area contributed by atoms with Crippen LogP contribution in [0, 0.1) is 0 Å². The van der Waals surface area contributed by atoms with Gasteiger partial charge in [0, 0.05) is 24.1 Å². The molecular formula is C12H18Br2N2. The summed E-state index contributed by atoms with van der Waals surface area (Å²) in [6.45, 7) is 5.44. The first-order chi connectivity index (χ1) is 7.74. The van der Waals surface area contributed by atoms with Crippen molar-refractivity contribution in [3.8, 4) is 0 Å². The van der Waals surface area contributed by atoms with E-state index in [0.717, 1.165) is 35.0 Å². The van der Waals surface area contributed by atoms with Crippen LogP contribution in [0.25, 0.3) is 0 Å². The summed E-state index contributed by atoms with van der Waals surface area (Å²) in [4.78, 5) is 6.85. The Bertz CT molecular complexity index is 314. The Morgan fingerprint density at radius 1 is 1.38 bits per heavy atom. The zero-order chi connectivity index (χ0) is 12.0. The van der Waals surface area contributed by atoms with Crippen LogP contribution < -0.4 is 4.90 Å². The minimum Gasteiger partial charge on any atom is -0.352 e. The fourth-order valence-electron chi connectivity index (χ4n) is 1.87. The van der Waals surface area contributed by atoms with E-state index in [1.807, 2.05) is 18.3 Å². The van der Waals surface area contributed by atoms with Gasteiger partial charge in [0.2, 0.25) is 0 Å². The predicted octanol–water partition coefficient (Wildman–Crippen LogP) is 4.23. The van der Waals surface area contributed by atoms with E-state index in [-0.39, 0.29) is 0 Å². The molecule has 2 nitrogen and oxygen atoms in total. The molecule has 0 aliphatic heterocycles. The minimum atomic E-state index is 0.559. The highest BCUT2D eigenvalue weighted by atomic mass is 79.9. The summed E-state index contributed by atoms with van der Waals surface area (Å²) in [7, 11) is 0. The lowest BCUT2D eigenvalue weighted by molar-refractivity contribution is 0.563. The van der Waals surface area contributed by atoms with Crippen LogP contribution in [0.2, 0.25) is 0 Å². The third-order valence-corrected chi connectivity index (χ3v) is 3.69. The van der Waals surface area contributed by atoms with Crippen molar-refractivity contribution in [2.75, 3.05) is 16.8 Å². The SMILES string of the molecule is CCC(CC)N(CCBr)c1ncccc1Br. The second-order valence-corrected chi connectivity index (χ2v) is 5.31. The zero-order valence-electron chi connectivity index (χ0n) is 9.79. The van der Waals surface area contributed by atoms with Gasteiger partial charge in [-0.3, -0.25) is 0 Å². The van der Waals surface area contributed by atoms with E-state index < -0.39 is 0 Å². The van der Waals surface area contributed by atoms with Crippen LogP contribution in [0.5, 0.6) is 0 Å². The summed E-state index contributed by atoms with van der Waals surface area (Å²) in [5.74, 6) is 1.05. The van der Waals surface area contributed by atoms with Crippen LogP contribution in [0.3, 0.4) is 0 Å². The molecule has 0 aliphatic carbocycles. The number of halogens is 2. The smallest absolute Gasteiger partial charge is 0.143 e. The number of rotatable bonds is 6. The third kappa shape index (κ3) is 3.45. The van der Waals surface area contributed by atoms with Gasteiger partial charge >= 0.3 is 0 Å². The first-order valence-electron chi connectivity index (χ1n) is 5.67. The van der Waals surface area contributed by atoms with Crippen LogP contribution in [0.1, 0.15) is 26.7 Å². The van der Waals surface area contributed by atoms with E-state index in [1.54, 1.807) is 0 Å². The number of anilines is 1. The molecule has 0 N–H and O–H groups in total. The maximum absolute atomic E-state index is 4.47. The van der Waals surface area contributed by atoms with E-state index >= 15 is 0 Å². The van der Waals surface area contributed by atoms with Crippen LogP contribution in [-0.4, -0.2) is 22.9 Å². The van der Waals surface area contributed by atoms with Gasteiger partial charge in [0.1, 0.15) is 5.82 Å². The van der Waals surface area contributed by atoms with Crippen molar-refractivity contribution in [1.29, 1.82) is 0 Å². The molecule has 0 aromatic carbocycles. The number of aromatic nitrogens is 1. The van der Waals surface area contributed by atoms with Crippen LogP contribution in [0.4, 0.5) is 5.82 Å². The third-order valence-electron chi connectivity index (χ3n) is 2.72. The predicted molar refractivity (Wildman–Crippen MR) is 77.4 cm³/mol. The highest BCUT2D eigenvalue weighted by Gasteiger charge is 2.18. The Balaban J connectivity index is 2.97. The fraction of sp³-hybridized carbons (Fsp3) is 0.583. The fourth-order valence-corrected chi connectivity index (χ4v) is 2.74. The largest absolute Gasteiger partial charge is 0.352 e. The molecule has 0 aliphatic rings. The molecule has 0 saturated carbocycles. The maximum atomic E-state index is 4.47. The first-order valence-corrected chi connectivity index (χ1v) is 7.59. The Labute approximate surface area is 115 Å². The van der Waals surface area contributed by atoms with Gasteiger partial charge in [-0.05, 0) is 40.9 Å². The van der Waals surface area contributed by atoms with Crippen molar-refractivity contribution in [3.05, 3.63) is 22.8 Å². The van der Waals surface area contributed by atoms with E-state index in [9.17, 15) is 0 Å². The van der Waals surface area contributed by atoms with Crippen molar-refractivity contribution >= 4 is 37.7 Å². The molecule has 0 atom stereocenters. The zero-order valence-corrected chi connectivity index (χ0v) is 13.0. The Morgan fingerprint density at radius 3 is 2.56 bits per heavy atom. The summed E-state index contributed by atoms with van der Waals surface area (Å²) >= 11 is 7.09. The molecule has 0 radical (unpaired) electrons. The van der Waals surface area contributed by atoms with E-state index in [2.05, 4.69) is 55.6 Å². The lowest BCUT2D eigenvalue weighted by Gasteiger charge is -2.31. The molecule has 4 heteroatoms. The quantitative estimate of drug-likeness (QED) is 0.714. The Kier molecular flexibility index (Phi) is 6.36. The Hall–Kier alpha value is -0.0900. The van der Waals surface area contributed by atoms with Crippen molar-refractivity contribution < 1.29 is 0 Å². The summed E-state index contributed by atoms with van der Waals surface area (Å²) < 4.78 is 1.07. The molecule has 0 amide bonds. The van der Waals surface area contributed by atoms with E-state index in [0.29, 0.717) is 6.04 Å². The summed E-state index contributed by atoms with van der Waals surface area (Å²) in [6, 6.07) is 4.56. The summed E-state index contributed by atoms with van der Waals surface area (Å²) in [6.07, 6.45) is 4.14. The van der Waals surface area contributed by atoms with E-state index in [1.165, 1.54) is 0 Å². The van der Waals surface area contributed by atoms with Gasteiger partial charge in [0.15, 0.2) is 0 Å². The van der Waals surface area contributed by atoms with Gasteiger partial charge in [0.05, 0.1) is 4.47 Å². The molecule has 90 valence electrons. The van der Waals surface area contributed by atoms with Gasteiger partial charge in [-0.15, -0.1) is 0 Å². The normalized spacial score (nSPS) is 10.8. The van der Waals surface area contributed by atoms with Gasteiger partial charge in [-0.1, -0.05) is 29.8 Å². The van der Waals surface area contributed by atoms with Crippen molar-refractivity contribution in [2.24, 2.45) is 0 Å². The number of nitrogens with zero attached hydrogens (tertiary/aromatic N) is 2. The van der Waals surface area contributed by atoms with Crippen LogP contribution in [-0.2, 0) is 0 Å². The molecule has 0 spiro atoms. The average Bonchev–Trinajstić information content (AvgIpc) is 2.30. The van der Waals surface area contributed by atoms with Crippen LogP contribution >= 0.6 is 31.9 Å². The monoisotopic (exact) mass is 348 g/mol. The van der Waals surface area contributed by atoms with E-state index in [4.69, 9.17) is 0 Å². The van der Waals surface area contributed by atoms with Gasteiger partial charge in [0.25, 0.3) is 0 Å². The molecule has 0 unspecified atom stereocenters. The first kappa shape index (κ1) is 14.0. The number of hydrogen-bond donors (Lipinski definition) is 0. The highest BCUT2D eigenvalue weighted by Crippen LogP contribution is 2.26. The summed E-state index contributed by atoms with van der Waals surface area (Å²) in [5, 5.41) is 0.965. The summed E-state index contributed by atoms with van der Waals surface area (Å²) in [5.41, 5.74) is 0. The van der Waals surface area contributed by atoms with Crippen molar-refractivity contribution in [3.63, 3.8) is 0 Å². The van der Waals surface area contributed by atoms with Gasteiger partial charge < -0.3 is 4.90 Å². The molecule has 0 bridgehead atoms.